The Bertz CT molecular complexity index is 710. The molecule has 0 aromatic heterocycles. The molecule has 0 bridgehead atoms. The van der Waals surface area contributed by atoms with E-state index in [1.807, 2.05) is 18.2 Å². The lowest BCUT2D eigenvalue weighted by atomic mass is 9.96. The maximum Gasteiger partial charge on any atom is 0.157 e. The molecule has 138 valence electrons. The SMILES string of the molecule is Fc1ccc(C2OC(CCCOC3CCCCO3)c3ccccc32)cc1. The topological polar surface area (TPSA) is 27.7 Å². The molecule has 4 heteroatoms. The summed E-state index contributed by atoms with van der Waals surface area (Å²) < 4.78 is 31.0. The molecule has 0 N–H and O–H groups in total. The smallest absolute Gasteiger partial charge is 0.157 e. The maximum atomic E-state index is 13.2. The van der Waals surface area contributed by atoms with Gasteiger partial charge in [0, 0.05) is 13.2 Å². The molecule has 2 aromatic carbocycles. The molecule has 2 aliphatic rings. The average Bonchev–Trinajstić information content (AvgIpc) is 3.06. The Morgan fingerprint density at radius 2 is 1.81 bits per heavy atom. The molecular weight excluding hydrogens is 331 g/mol. The van der Waals surface area contributed by atoms with E-state index in [0.717, 1.165) is 37.9 Å². The van der Waals surface area contributed by atoms with Gasteiger partial charge < -0.3 is 14.2 Å². The summed E-state index contributed by atoms with van der Waals surface area (Å²) in [7, 11) is 0. The first-order chi connectivity index (χ1) is 12.8. The van der Waals surface area contributed by atoms with Crippen molar-refractivity contribution in [3.8, 4) is 0 Å². The summed E-state index contributed by atoms with van der Waals surface area (Å²) >= 11 is 0. The first kappa shape index (κ1) is 17.7. The molecule has 26 heavy (non-hydrogen) atoms. The third-order valence-electron chi connectivity index (χ3n) is 5.15. The van der Waals surface area contributed by atoms with Gasteiger partial charge in [-0.25, -0.2) is 4.39 Å². The van der Waals surface area contributed by atoms with Crippen molar-refractivity contribution in [2.75, 3.05) is 13.2 Å². The number of hydrogen-bond donors (Lipinski definition) is 0. The van der Waals surface area contributed by atoms with E-state index in [2.05, 4.69) is 18.2 Å². The van der Waals surface area contributed by atoms with E-state index in [4.69, 9.17) is 14.2 Å². The van der Waals surface area contributed by atoms with Crippen molar-refractivity contribution in [1.29, 1.82) is 0 Å². The van der Waals surface area contributed by atoms with Crippen LogP contribution >= 0.6 is 0 Å². The molecule has 0 saturated carbocycles. The van der Waals surface area contributed by atoms with Gasteiger partial charge in [-0.3, -0.25) is 0 Å². The molecule has 1 fully saturated rings. The fourth-order valence-electron chi connectivity index (χ4n) is 3.80. The van der Waals surface area contributed by atoms with Gasteiger partial charge in [0.15, 0.2) is 6.29 Å². The average molecular weight is 356 g/mol. The molecule has 3 atom stereocenters. The van der Waals surface area contributed by atoms with Gasteiger partial charge in [-0.1, -0.05) is 36.4 Å². The molecule has 0 aliphatic carbocycles. The van der Waals surface area contributed by atoms with Crippen molar-refractivity contribution in [2.45, 2.75) is 50.6 Å². The lowest BCUT2D eigenvalue weighted by Gasteiger charge is -2.23. The summed E-state index contributed by atoms with van der Waals surface area (Å²) in [6.45, 7) is 1.50. The zero-order valence-electron chi connectivity index (χ0n) is 14.9. The van der Waals surface area contributed by atoms with Crippen molar-refractivity contribution in [1.82, 2.24) is 0 Å². The molecule has 3 unspecified atom stereocenters. The van der Waals surface area contributed by atoms with Crippen molar-refractivity contribution >= 4 is 0 Å². The Morgan fingerprint density at radius 3 is 2.58 bits per heavy atom. The van der Waals surface area contributed by atoms with Crippen LogP contribution < -0.4 is 0 Å². The van der Waals surface area contributed by atoms with Gasteiger partial charge in [0.05, 0.1) is 6.10 Å². The third-order valence-corrected chi connectivity index (χ3v) is 5.15. The Morgan fingerprint density at radius 1 is 1.00 bits per heavy atom. The number of rotatable bonds is 6. The van der Waals surface area contributed by atoms with Crippen LogP contribution in [0.15, 0.2) is 48.5 Å². The predicted octanol–water partition coefficient (Wildman–Crippen LogP) is 5.31. The number of hydrogen-bond acceptors (Lipinski definition) is 3. The van der Waals surface area contributed by atoms with Crippen LogP contribution in [0.3, 0.4) is 0 Å². The van der Waals surface area contributed by atoms with Crippen molar-refractivity contribution in [3.63, 3.8) is 0 Å². The van der Waals surface area contributed by atoms with Gasteiger partial charge in [-0.15, -0.1) is 0 Å². The number of halogens is 1. The highest BCUT2D eigenvalue weighted by Crippen LogP contribution is 2.44. The van der Waals surface area contributed by atoms with E-state index < -0.39 is 0 Å². The third kappa shape index (κ3) is 3.98. The normalized spacial score (nSPS) is 25.2. The van der Waals surface area contributed by atoms with E-state index in [-0.39, 0.29) is 24.3 Å². The zero-order chi connectivity index (χ0) is 17.8. The van der Waals surface area contributed by atoms with E-state index in [0.29, 0.717) is 6.61 Å². The summed E-state index contributed by atoms with van der Waals surface area (Å²) in [5.41, 5.74) is 3.41. The van der Waals surface area contributed by atoms with Gasteiger partial charge in [-0.05, 0) is 60.9 Å². The van der Waals surface area contributed by atoms with E-state index in [9.17, 15) is 4.39 Å². The minimum Gasteiger partial charge on any atom is -0.361 e. The van der Waals surface area contributed by atoms with Gasteiger partial charge in [0.1, 0.15) is 11.9 Å². The number of fused-ring (bicyclic) bond motifs is 1. The lowest BCUT2D eigenvalue weighted by molar-refractivity contribution is -0.163. The van der Waals surface area contributed by atoms with Gasteiger partial charge in [0.2, 0.25) is 0 Å². The lowest BCUT2D eigenvalue weighted by Crippen LogP contribution is -2.22. The summed E-state index contributed by atoms with van der Waals surface area (Å²) in [4.78, 5) is 0. The summed E-state index contributed by atoms with van der Waals surface area (Å²) in [5, 5.41) is 0. The molecule has 2 aliphatic heterocycles. The van der Waals surface area contributed by atoms with Crippen LogP contribution in [-0.2, 0) is 14.2 Å². The van der Waals surface area contributed by atoms with Crippen LogP contribution in [-0.4, -0.2) is 19.5 Å². The van der Waals surface area contributed by atoms with Crippen LogP contribution in [0.2, 0.25) is 0 Å². The standard InChI is InChI=1S/C22H25FO3/c23-17-12-10-16(11-13-17)22-19-7-2-1-6-18(19)20(26-22)8-5-15-25-21-9-3-4-14-24-21/h1-2,6-7,10-13,20-22H,3-5,8-9,14-15H2. The van der Waals surface area contributed by atoms with Crippen LogP contribution in [0.5, 0.6) is 0 Å². The van der Waals surface area contributed by atoms with Gasteiger partial charge in [-0.2, -0.15) is 0 Å². The summed E-state index contributed by atoms with van der Waals surface area (Å²) in [5.74, 6) is -0.223. The first-order valence-electron chi connectivity index (χ1n) is 9.54. The van der Waals surface area contributed by atoms with Crippen molar-refractivity contribution in [2.24, 2.45) is 0 Å². The molecule has 2 aromatic rings. The first-order valence-corrected chi connectivity index (χ1v) is 9.54. The zero-order valence-corrected chi connectivity index (χ0v) is 14.9. The fourth-order valence-corrected chi connectivity index (χ4v) is 3.80. The number of ether oxygens (including phenoxy) is 3. The largest absolute Gasteiger partial charge is 0.361 e. The second-order valence-electron chi connectivity index (χ2n) is 6.99. The predicted molar refractivity (Wildman–Crippen MR) is 97.3 cm³/mol. The van der Waals surface area contributed by atoms with E-state index >= 15 is 0 Å². The van der Waals surface area contributed by atoms with Crippen molar-refractivity contribution < 1.29 is 18.6 Å². The van der Waals surface area contributed by atoms with Crippen LogP contribution in [0.4, 0.5) is 4.39 Å². The van der Waals surface area contributed by atoms with Crippen molar-refractivity contribution in [3.05, 3.63) is 71.0 Å². The molecule has 3 nitrogen and oxygen atoms in total. The minimum atomic E-state index is -0.223. The summed E-state index contributed by atoms with van der Waals surface area (Å²) in [6.07, 6.45) is 5.04. The van der Waals surface area contributed by atoms with Crippen LogP contribution in [0, 0.1) is 5.82 Å². The molecule has 0 radical (unpaired) electrons. The highest BCUT2D eigenvalue weighted by Gasteiger charge is 2.32. The molecular formula is C22H25FO3. The Kier molecular flexibility index (Phi) is 5.63. The Balaban J connectivity index is 1.37. The van der Waals surface area contributed by atoms with Crippen LogP contribution in [0.1, 0.15) is 61.0 Å². The van der Waals surface area contributed by atoms with Gasteiger partial charge >= 0.3 is 0 Å². The Hall–Kier alpha value is -1.75. The second-order valence-corrected chi connectivity index (χ2v) is 6.99. The van der Waals surface area contributed by atoms with Gasteiger partial charge in [0.25, 0.3) is 0 Å². The highest BCUT2D eigenvalue weighted by molar-refractivity contribution is 5.40. The molecule has 1 saturated heterocycles. The molecule has 4 rings (SSSR count). The maximum absolute atomic E-state index is 13.2. The molecule has 2 heterocycles. The Labute approximate surface area is 154 Å². The molecule has 0 amide bonds. The van der Waals surface area contributed by atoms with E-state index in [1.54, 1.807) is 0 Å². The highest BCUT2D eigenvalue weighted by atomic mass is 19.1. The summed E-state index contributed by atoms with van der Waals surface area (Å²) in [6, 6.07) is 14.9. The van der Waals surface area contributed by atoms with Crippen LogP contribution in [0.25, 0.3) is 0 Å². The molecule has 0 spiro atoms. The fraction of sp³-hybridized carbons (Fsp3) is 0.455. The van der Waals surface area contributed by atoms with E-state index in [1.165, 1.54) is 29.7 Å². The minimum absolute atomic E-state index is 0.0347. The monoisotopic (exact) mass is 356 g/mol. The number of benzene rings is 2. The quantitative estimate of drug-likeness (QED) is 0.657. The second kappa shape index (κ2) is 8.30.